The van der Waals surface area contributed by atoms with Gasteiger partial charge in [0.25, 0.3) is 0 Å². The molecule has 4 heteroatoms. The maximum absolute atomic E-state index is 5.98. The van der Waals surface area contributed by atoms with E-state index >= 15 is 0 Å². The normalized spacial score (nSPS) is 13.0. The SMILES string of the molecule is CCCOCCC(N)Cc1nc(C)cs1. The maximum Gasteiger partial charge on any atom is 0.0943 e. The summed E-state index contributed by atoms with van der Waals surface area (Å²) >= 11 is 1.69. The second-order valence-electron chi connectivity index (χ2n) is 3.75. The summed E-state index contributed by atoms with van der Waals surface area (Å²) in [4.78, 5) is 4.39. The van der Waals surface area contributed by atoms with E-state index in [4.69, 9.17) is 10.5 Å². The Hall–Kier alpha value is -0.450. The number of aryl methyl sites for hydroxylation is 1. The summed E-state index contributed by atoms with van der Waals surface area (Å²) in [5, 5.41) is 3.20. The van der Waals surface area contributed by atoms with Crippen LogP contribution in [0.25, 0.3) is 0 Å². The Balaban J connectivity index is 2.15. The lowest BCUT2D eigenvalue weighted by molar-refractivity contribution is 0.127. The number of thiazole rings is 1. The third-order valence-corrected chi connectivity index (χ3v) is 3.07. The minimum atomic E-state index is 0.174. The Kier molecular flexibility index (Phi) is 5.83. The van der Waals surface area contributed by atoms with E-state index in [-0.39, 0.29) is 6.04 Å². The van der Waals surface area contributed by atoms with Crippen LogP contribution in [0.1, 0.15) is 30.5 Å². The molecule has 0 aromatic carbocycles. The molecule has 0 amide bonds. The zero-order chi connectivity index (χ0) is 11.1. The Labute approximate surface area is 95.7 Å². The highest BCUT2D eigenvalue weighted by Gasteiger charge is 2.06. The Morgan fingerprint density at radius 3 is 2.93 bits per heavy atom. The molecule has 0 fully saturated rings. The monoisotopic (exact) mass is 228 g/mol. The molecule has 0 bridgehead atoms. The Morgan fingerprint density at radius 2 is 2.33 bits per heavy atom. The molecule has 2 N–H and O–H groups in total. The van der Waals surface area contributed by atoms with Gasteiger partial charge in [0.05, 0.1) is 5.01 Å². The maximum atomic E-state index is 5.98. The molecule has 0 saturated carbocycles. The van der Waals surface area contributed by atoms with Gasteiger partial charge in [0, 0.05) is 36.8 Å². The zero-order valence-electron chi connectivity index (χ0n) is 9.53. The highest BCUT2D eigenvalue weighted by molar-refractivity contribution is 7.09. The zero-order valence-corrected chi connectivity index (χ0v) is 10.3. The number of hydrogen-bond acceptors (Lipinski definition) is 4. The largest absolute Gasteiger partial charge is 0.381 e. The minimum Gasteiger partial charge on any atom is -0.381 e. The molecule has 86 valence electrons. The molecule has 0 aliphatic carbocycles. The lowest BCUT2D eigenvalue weighted by atomic mass is 10.2. The van der Waals surface area contributed by atoms with Crippen LogP contribution in [0.4, 0.5) is 0 Å². The van der Waals surface area contributed by atoms with Crippen LogP contribution in [0.15, 0.2) is 5.38 Å². The van der Waals surface area contributed by atoms with Gasteiger partial charge >= 0.3 is 0 Å². The van der Waals surface area contributed by atoms with Crippen molar-refractivity contribution in [2.45, 2.75) is 39.2 Å². The van der Waals surface area contributed by atoms with E-state index in [2.05, 4.69) is 17.3 Å². The van der Waals surface area contributed by atoms with Crippen LogP contribution in [0, 0.1) is 6.92 Å². The van der Waals surface area contributed by atoms with Gasteiger partial charge in [-0.05, 0) is 19.8 Å². The third kappa shape index (κ3) is 5.25. The first-order valence-corrected chi connectivity index (χ1v) is 6.34. The van der Waals surface area contributed by atoms with E-state index in [1.54, 1.807) is 11.3 Å². The summed E-state index contributed by atoms with van der Waals surface area (Å²) in [6.07, 6.45) is 2.85. The number of aromatic nitrogens is 1. The van der Waals surface area contributed by atoms with Crippen LogP contribution in [0.5, 0.6) is 0 Å². The molecule has 0 aliphatic heterocycles. The molecule has 1 aromatic rings. The number of nitrogens with two attached hydrogens (primary N) is 1. The van der Waals surface area contributed by atoms with Crippen LogP contribution in [-0.4, -0.2) is 24.2 Å². The second-order valence-corrected chi connectivity index (χ2v) is 4.69. The second kappa shape index (κ2) is 6.93. The first-order chi connectivity index (χ1) is 7.22. The van der Waals surface area contributed by atoms with Crippen molar-refractivity contribution in [3.63, 3.8) is 0 Å². The molecule has 0 spiro atoms. The average molecular weight is 228 g/mol. The molecule has 1 rings (SSSR count). The first kappa shape index (κ1) is 12.6. The first-order valence-electron chi connectivity index (χ1n) is 5.46. The quantitative estimate of drug-likeness (QED) is 0.727. The summed E-state index contributed by atoms with van der Waals surface area (Å²) in [5.74, 6) is 0. The number of rotatable bonds is 7. The van der Waals surface area contributed by atoms with Crippen LogP contribution < -0.4 is 5.73 Å². The molecule has 1 aromatic heterocycles. The third-order valence-electron chi connectivity index (χ3n) is 2.08. The Morgan fingerprint density at radius 1 is 1.53 bits per heavy atom. The molecule has 0 aliphatic rings. The van der Waals surface area contributed by atoms with Crippen molar-refractivity contribution in [1.29, 1.82) is 0 Å². The van der Waals surface area contributed by atoms with Crippen LogP contribution in [-0.2, 0) is 11.2 Å². The fourth-order valence-corrected chi connectivity index (χ4v) is 2.17. The number of ether oxygens (including phenoxy) is 1. The lowest BCUT2D eigenvalue weighted by Gasteiger charge is -2.09. The van der Waals surface area contributed by atoms with Crippen molar-refractivity contribution < 1.29 is 4.74 Å². The lowest BCUT2D eigenvalue weighted by Crippen LogP contribution is -2.24. The molecular formula is C11H20N2OS. The highest BCUT2D eigenvalue weighted by Crippen LogP contribution is 2.11. The van der Waals surface area contributed by atoms with Crippen LogP contribution >= 0.6 is 11.3 Å². The van der Waals surface area contributed by atoms with E-state index in [9.17, 15) is 0 Å². The topological polar surface area (TPSA) is 48.1 Å². The summed E-state index contributed by atoms with van der Waals surface area (Å²) in [6.45, 7) is 5.72. The molecule has 1 atom stereocenters. The minimum absolute atomic E-state index is 0.174. The van der Waals surface area contributed by atoms with Crippen molar-refractivity contribution in [3.8, 4) is 0 Å². The average Bonchev–Trinajstić information content (AvgIpc) is 2.59. The van der Waals surface area contributed by atoms with Gasteiger partial charge in [0.2, 0.25) is 0 Å². The summed E-state index contributed by atoms with van der Waals surface area (Å²) < 4.78 is 5.40. The molecule has 3 nitrogen and oxygen atoms in total. The molecular weight excluding hydrogens is 208 g/mol. The fraction of sp³-hybridized carbons (Fsp3) is 0.727. The predicted molar refractivity (Wildman–Crippen MR) is 64.3 cm³/mol. The van der Waals surface area contributed by atoms with Gasteiger partial charge in [-0.3, -0.25) is 0 Å². The van der Waals surface area contributed by atoms with Gasteiger partial charge in [-0.2, -0.15) is 0 Å². The van der Waals surface area contributed by atoms with Crippen molar-refractivity contribution in [1.82, 2.24) is 4.98 Å². The van der Waals surface area contributed by atoms with E-state index in [0.717, 1.165) is 43.2 Å². The van der Waals surface area contributed by atoms with Gasteiger partial charge in [-0.25, -0.2) is 4.98 Å². The molecule has 1 heterocycles. The predicted octanol–water partition coefficient (Wildman–Crippen LogP) is 2.14. The van der Waals surface area contributed by atoms with Gasteiger partial charge in [0.1, 0.15) is 0 Å². The van der Waals surface area contributed by atoms with Gasteiger partial charge in [0.15, 0.2) is 0 Å². The highest BCUT2D eigenvalue weighted by atomic mass is 32.1. The van der Waals surface area contributed by atoms with Crippen molar-refractivity contribution in [2.75, 3.05) is 13.2 Å². The van der Waals surface area contributed by atoms with Crippen LogP contribution in [0.3, 0.4) is 0 Å². The van der Waals surface area contributed by atoms with E-state index in [1.165, 1.54) is 0 Å². The van der Waals surface area contributed by atoms with Gasteiger partial charge in [-0.15, -0.1) is 11.3 Å². The Bertz CT molecular complexity index is 275. The molecule has 0 radical (unpaired) electrons. The number of nitrogens with zero attached hydrogens (tertiary/aromatic N) is 1. The van der Waals surface area contributed by atoms with Crippen LogP contribution in [0.2, 0.25) is 0 Å². The van der Waals surface area contributed by atoms with E-state index in [1.807, 2.05) is 6.92 Å². The van der Waals surface area contributed by atoms with E-state index in [0.29, 0.717) is 0 Å². The van der Waals surface area contributed by atoms with Crippen molar-refractivity contribution >= 4 is 11.3 Å². The summed E-state index contributed by atoms with van der Waals surface area (Å²) in [5.41, 5.74) is 7.07. The van der Waals surface area contributed by atoms with E-state index < -0.39 is 0 Å². The van der Waals surface area contributed by atoms with Crippen molar-refractivity contribution in [3.05, 3.63) is 16.1 Å². The molecule has 0 saturated heterocycles. The fourth-order valence-electron chi connectivity index (χ4n) is 1.30. The summed E-state index contributed by atoms with van der Waals surface area (Å²) in [6, 6.07) is 0.174. The van der Waals surface area contributed by atoms with Gasteiger partial charge in [-0.1, -0.05) is 6.92 Å². The number of hydrogen-bond donors (Lipinski definition) is 1. The molecule has 15 heavy (non-hydrogen) atoms. The van der Waals surface area contributed by atoms with Crippen molar-refractivity contribution in [2.24, 2.45) is 5.73 Å². The van der Waals surface area contributed by atoms with Gasteiger partial charge < -0.3 is 10.5 Å². The smallest absolute Gasteiger partial charge is 0.0943 e. The molecule has 1 unspecified atom stereocenters. The summed E-state index contributed by atoms with van der Waals surface area (Å²) in [7, 11) is 0. The standard InChI is InChI=1S/C11H20N2OS/c1-3-5-14-6-4-10(12)7-11-13-9(2)8-15-11/h8,10H,3-7,12H2,1-2H3.